The van der Waals surface area contributed by atoms with Crippen molar-refractivity contribution < 1.29 is 19.0 Å². The van der Waals surface area contributed by atoms with E-state index in [1.807, 2.05) is 18.6 Å². The number of hydrogen-bond acceptors (Lipinski definition) is 8. The molecule has 2 aliphatic rings. The van der Waals surface area contributed by atoms with Crippen LogP contribution in [0.25, 0.3) is 11.0 Å². The summed E-state index contributed by atoms with van der Waals surface area (Å²) in [6.07, 6.45) is 7.21. The third-order valence-corrected chi connectivity index (χ3v) is 9.12. The minimum atomic E-state index is -0.969. The molecule has 0 radical (unpaired) electrons. The number of nitriles is 1. The number of aromatic nitrogens is 6. The zero-order chi connectivity index (χ0) is 31.1. The molecule has 0 spiro atoms. The molecule has 2 aromatic carbocycles. The van der Waals surface area contributed by atoms with Gasteiger partial charge >= 0.3 is 5.97 Å². The molecule has 1 aliphatic carbocycles. The van der Waals surface area contributed by atoms with Gasteiger partial charge in [-0.1, -0.05) is 6.07 Å². The molecule has 5 aromatic rings. The minimum Gasteiger partial charge on any atom is -0.478 e. The summed E-state index contributed by atoms with van der Waals surface area (Å²) in [7, 11) is 0. The number of imidazole rings is 2. The summed E-state index contributed by atoms with van der Waals surface area (Å²) in [5.41, 5.74) is 3.32. The number of hydrogen-bond donors (Lipinski definition) is 1. The third-order valence-electron chi connectivity index (χ3n) is 9.12. The lowest BCUT2D eigenvalue weighted by molar-refractivity contribution is 0.0697. The van der Waals surface area contributed by atoms with Crippen molar-refractivity contribution in [1.29, 1.82) is 5.26 Å². The maximum absolute atomic E-state index is 14.3. The van der Waals surface area contributed by atoms with Crippen molar-refractivity contribution in [2.75, 3.05) is 13.1 Å². The highest BCUT2D eigenvalue weighted by molar-refractivity contribution is 5.92. The summed E-state index contributed by atoms with van der Waals surface area (Å²) < 4.78 is 24.3. The van der Waals surface area contributed by atoms with Gasteiger partial charge in [0.25, 0.3) is 0 Å². The lowest BCUT2D eigenvalue weighted by atomic mass is 9.94. The van der Waals surface area contributed by atoms with Crippen LogP contribution in [0.5, 0.6) is 5.88 Å². The molecular weight excluding hydrogens is 575 g/mol. The molecule has 0 unspecified atom stereocenters. The summed E-state index contributed by atoms with van der Waals surface area (Å²) in [6.45, 7) is 5.72. The highest BCUT2D eigenvalue weighted by Crippen LogP contribution is 2.58. The monoisotopic (exact) mass is 606 g/mol. The van der Waals surface area contributed by atoms with Gasteiger partial charge in [0.15, 0.2) is 0 Å². The normalized spacial score (nSPS) is 19.3. The van der Waals surface area contributed by atoms with Crippen molar-refractivity contribution >= 4 is 17.0 Å². The van der Waals surface area contributed by atoms with Gasteiger partial charge in [0, 0.05) is 42.5 Å². The Morgan fingerprint density at radius 3 is 2.87 bits per heavy atom. The summed E-state index contributed by atoms with van der Waals surface area (Å²) in [4.78, 5) is 32.7. The number of fused-ring (bicyclic) bond motifs is 2. The first-order chi connectivity index (χ1) is 21.9. The summed E-state index contributed by atoms with van der Waals surface area (Å²) >= 11 is 0. The van der Waals surface area contributed by atoms with Gasteiger partial charge in [-0.15, -0.1) is 0 Å². The summed E-state index contributed by atoms with van der Waals surface area (Å²) in [6, 6.07) is 13.0. The zero-order valence-corrected chi connectivity index (χ0v) is 24.7. The van der Waals surface area contributed by atoms with Crippen molar-refractivity contribution in [3.8, 4) is 11.9 Å². The van der Waals surface area contributed by atoms with Gasteiger partial charge in [-0.2, -0.15) is 10.2 Å². The van der Waals surface area contributed by atoms with Crippen molar-refractivity contribution in [3.05, 3.63) is 101 Å². The number of aryl methyl sites for hydroxylation is 1. The molecule has 45 heavy (non-hydrogen) atoms. The Hall–Kier alpha value is -5.15. The Kier molecular flexibility index (Phi) is 7.25. The average molecular weight is 607 g/mol. The van der Waals surface area contributed by atoms with Crippen LogP contribution in [0.4, 0.5) is 4.39 Å². The fourth-order valence-corrected chi connectivity index (χ4v) is 6.49. The first-order valence-corrected chi connectivity index (χ1v) is 15.0. The number of carboxylic acid groups (broad SMARTS) is 1. The largest absolute Gasteiger partial charge is 0.478 e. The predicted molar refractivity (Wildman–Crippen MR) is 161 cm³/mol. The molecule has 1 saturated heterocycles. The molecule has 2 atom stereocenters. The molecule has 3 aromatic heterocycles. The van der Waals surface area contributed by atoms with Crippen LogP contribution in [0.3, 0.4) is 0 Å². The Bertz CT molecular complexity index is 1960. The second-order valence-electron chi connectivity index (χ2n) is 11.8. The van der Waals surface area contributed by atoms with Crippen LogP contribution in [-0.4, -0.2) is 58.1 Å². The third kappa shape index (κ3) is 5.40. The van der Waals surface area contributed by atoms with Crippen molar-refractivity contribution in [2.45, 2.75) is 51.4 Å². The number of carboxylic acids is 1. The van der Waals surface area contributed by atoms with Crippen LogP contribution >= 0.6 is 0 Å². The Morgan fingerprint density at radius 1 is 1.20 bits per heavy atom. The highest BCUT2D eigenvalue weighted by Gasteiger charge is 2.59. The molecule has 12 heteroatoms. The number of ether oxygens (including phenoxy) is 1. The standard InChI is InChI=1S/C33H31FN8O3/c1-2-41-20-36-15-25(41)17-42-28-12-22(31(43)44)5-6-27(28)38-29(42)18-40-10-8-33(13-24(33)16-40)32-37-9-7-30(39-32)45-19-23-4-3-21(14-35)11-26(23)34/h3-7,9,11-12,15,20,24H,2,8,10,13,16-19H2,1H3,(H,43,44)/t24-,33+/m0/s1. The number of rotatable bonds is 10. The van der Waals surface area contributed by atoms with Crippen LogP contribution in [-0.2, 0) is 31.7 Å². The van der Waals surface area contributed by atoms with E-state index in [1.165, 1.54) is 6.07 Å². The second kappa shape index (κ2) is 11.4. The number of aromatic carboxylic acids is 1. The van der Waals surface area contributed by atoms with Crippen LogP contribution in [0, 0.1) is 23.1 Å². The lowest BCUT2D eigenvalue weighted by Gasteiger charge is -2.30. The topological polar surface area (TPSA) is 135 Å². The molecule has 0 amide bonds. The van der Waals surface area contributed by atoms with Crippen molar-refractivity contribution in [3.63, 3.8) is 0 Å². The van der Waals surface area contributed by atoms with E-state index >= 15 is 0 Å². The molecule has 0 bridgehead atoms. The average Bonchev–Trinajstić information content (AvgIpc) is 3.45. The molecule has 1 saturated carbocycles. The van der Waals surface area contributed by atoms with Crippen LogP contribution in [0.2, 0.25) is 0 Å². The second-order valence-corrected chi connectivity index (χ2v) is 11.8. The smallest absolute Gasteiger partial charge is 0.335 e. The van der Waals surface area contributed by atoms with E-state index in [-0.39, 0.29) is 23.1 Å². The number of carbonyl (C=O) groups is 1. The minimum absolute atomic E-state index is 0.00615. The molecule has 228 valence electrons. The van der Waals surface area contributed by atoms with Gasteiger partial charge in [0.1, 0.15) is 24.1 Å². The van der Waals surface area contributed by atoms with Crippen LogP contribution < -0.4 is 4.74 Å². The number of benzene rings is 2. The van der Waals surface area contributed by atoms with E-state index in [1.54, 1.807) is 42.6 Å². The number of likely N-dealkylation sites (tertiary alicyclic amines) is 1. The van der Waals surface area contributed by atoms with Crippen LogP contribution in [0.15, 0.2) is 61.2 Å². The summed E-state index contributed by atoms with van der Waals surface area (Å²) in [5.74, 6) is 0.965. The van der Waals surface area contributed by atoms with E-state index in [4.69, 9.17) is 20.0 Å². The van der Waals surface area contributed by atoms with Gasteiger partial charge < -0.3 is 19.0 Å². The van der Waals surface area contributed by atoms with Crippen molar-refractivity contribution in [2.24, 2.45) is 5.92 Å². The Morgan fingerprint density at radius 2 is 2.09 bits per heavy atom. The number of piperidine rings is 1. The van der Waals surface area contributed by atoms with Crippen molar-refractivity contribution in [1.82, 2.24) is 34.0 Å². The summed E-state index contributed by atoms with van der Waals surface area (Å²) in [5, 5.41) is 18.6. The quantitative estimate of drug-likeness (QED) is 0.243. The Labute approximate surface area is 258 Å². The lowest BCUT2D eigenvalue weighted by Crippen LogP contribution is -2.37. The maximum atomic E-state index is 14.3. The molecule has 2 fully saturated rings. The van der Waals surface area contributed by atoms with Gasteiger partial charge in [-0.05, 0) is 62.6 Å². The van der Waals surface area contributed by atoms with Gasteiger partial charge in [0.05, 0.1) is 53.3 Å². The molecule has 1 aliphatic heterocycles. The fourth-order valence-electron chi connectivity index (χ4n) is 6.49. The first-order valence-electron chi connectivity index (χ1n) is 15.0. The first kappa shape index (κ1) is 28.6. The van der Waals surface area contributed by atoms with Gasteiger partial charge in [-0.25, -0.2) is 24.1 Å². The highest BCUT2D eigenvalue weighted by atomic mass is 19.1. The Balaban J connectivity index is 1.07. The number of halogens is 1. The van der Waals surface area contributed by atoms with Gasteiger partial charge in [0.2, 0.25) is 5.88 Å². The molecule has 4 heterocycles. The zero-order valence-electron chi connectivity index (χ0n) is 24.7. The van der Waals surface area contributed by atoms with Crippen LogP contribution in [0.1, 0.15) is 58.6 Å². The SMILES string of the molecule is CCn1cncc1Cn1c(CN2CC[C@@]3(c4nccc(OCc5ccc(C#N)cc5F)n4)C[C@H]3C2)nc2ccc(C(=O)O)cc21. The number of nitrogens with zero attached hydrogens (tertiary/aromatic N) is 8. The maximum Gasteiger partial charge on any atom is 0.335 e. The molecular formula is C33H31FN8O3. The van der Waals surface area contributed by atoms with Gasteiger partial charge in [-0.3, -0.25) is 4.90 Å². The van der Waals surface area contributed by atoms with E-state index in [2.05, 4.69) is 30.9 Å². The van der Waals surface area contributed by atoms with E-state index in [0.29, 0.717) is 30.5 Å². The fraction of sp³-hybridized carbons (Fsp3) is 0.333. The van der Waals surface area contributed by atoms with E-state index in [0.717, 1.165) is 60.9 Å². The molecule has 1 N–H and O–H groups in total. The molecule has 7 rings (SSSR count). The van der Waals surface area contributed by atoms with E-state index < -0.39 is 11.8 Å². The van der Waals surface area contributed by atoms with E-state index in [9.17, 15) is 14.3 Å². The molecule has 11 nitrogen and oxygen atoms in total. The predicted octanol–water partition coefficient (Wildman–Crippen LogP) is 4.54.